The van der Waals surface area contributed by atoms with Gasteiger partial charge in [0.25, 0.3) is 11.1 Å². The molecule has 8 aromatic rings. The van der Waals surface area contributed by atoms with Gasteiger partial charge in [0.15, 0.2) is 0 Å². The molecule has 2 N–H and O–H groups in total. The molecule has 7 nitrogen and oxygen atoms in total. The molecule has 9 rings (SSSR count). The average molecular weight is 938 g/mol. The number of nitrogens with zero attached hydrogens (tertiary/aromatic N) is 3. The van der Waals surface area contributed by atoms with Crippen molar-refractivity contribution in [1.82, 2.24) is 14.5 Å². The maximum atomic E-state index is 13.1. The zero-order chi connectivity index (χ0) is 41.4. The number of aromatic nitrogens is 2. The number of phenols is 1. The Morgan fingerprint density at radius 1 is 0.467 bits per heavy atom. The molecule has 1 fully saturated rings. The number of fused-ring (bicyclic) bond motifs is 2. The van der Waals surface area contributed by atoms with Gasteiger partial charge in [-0.1, -0.05) is 118 Å². The standard InChI is InChI=1S/C25H20Cl3N3O.C21H12Cl3NO2.ClH/c26-20-5-2-1-4-17(20)19-14-16(30-12-10-29-11-13-30)15-23-18(19)8-9-24(32)31(23)25-21(27)6-3-7-22(25)28;22-16-5-2-1-4-13(16)15-10-12(26)11-19-14(15)8-9-20(27)25(19)21-17(23)6-3-7-18(21)24;/h1-9,14-15,29H,10-13H2;1-11,26H;1H. The fraction of sp³-hybridized carbons (Fsp3) is 0.0870. The summed E-state index contributed by atoms with van der Waals surface area (Å²) in [4.78, 5) is 28.2. The van der Waals surface area contributed by atoms with Crippen LogP contribution >= 0.6 is 82.0 Å². The Labute approximate surface area is 381 Å². The van der Waals surface area contributed by atoms with Crippen LogP contribution in [0.1, 0.15) is 0 Å². The molecule has 0 spiro atoms. The molecule has 6 aromatic carbocycles. The lowest BCUT2D eigenvalue weighted by Crippen LogP contribution is -2.43. The van der Waals surface area contributed by atoms with Crippen LogP contribution in [0.25, 0.3) is 55.4 Å². The molecular weight excluding hydrogens is 905 g/mol. The van der Waals surface area contributed by atoms with Gasteiger partial charge in [0.2, 0.25) is 0 Å². The summed E-state index contributed by atoms with van der Waals surface area (Å²) in [5, 5.41) is 18.0. The zero-order valence-electron chi connectivity index (χ0n) is 31.3. The van der Waals surface area contributed by atoms with Gasteiger partial charge in [-0.05, 0) is 77.9 Å². The largest absolute Gasteiger partial charge is 0.508 e. The molecule has 0 radical (unpaired) electrons. The number of nitrogens with one attached hydrogen (secondary N) is 1. The Hall–Kier alpha value is -4.67. The number of phenolic OH excluding ortho intramolecular Hbond substituents is 1. The Morgan fingerprint density at radius 3 is 1.35 bits per heavy atom. The van der Waals surface area contributed by atoms with Gasteiger partial charge >= 0.3 is 0 Å². The molecule has 0 aliphatic carbocycles. The summed E-state index contributed by atoms with van der Waals surface area (Å²) in [6, 6.07) is 39.2. The molecule has 2 aromatic heterocycles. The number of hydrogen-bond donors (Lipinski definition) is 2. The first-order valence-corrected chi connectivity index (χ1v) is 20.7. The van der Waals surface area contributed by atoms with Gasteiger partial charge in [-0.2, -0.15) is 0 Å². The van der Waals surface area contributed by atoms with Gasteiger partial charge in [0, 0.05) is 82.0 Å². The summed E-state index contributed by atoms with van der Waals surface area (Å²) < 4.78 is 3.01. The highest BCUT2D eigenvalue weighted by Gasteiger charge is 2.21. The van der Waals surface area contributed by atoms with E-state index in [-0.39, 0.29) is 29.3 Å². The topological polar surface area (TPSA) is 79.5 Å². The molecule has 0 saturated carbocycles. The zero-order valence-corrected chi connectivity index (χ0v) is 36.7. The van der Waals surface area contributed by atoms with E-state index in [1.54, 1.807) is 65.2 Å². The van der Waals surface area contributed by atoms with E-state index >= 15 is 0 Å². The highest BCUT2D eigenvalue weighted by molar-refractivity contribution is 6.39. The number of aromatic hydroxyl groups is 1. The van der Waals surface area contributed by atoms with Crippen LogP contribution in [0, 0.1) is 0 Å². The van der Waals surface area contributed by atoms with Crippen LogP contribution in [-0.4, -0.2) is 40.4 Å². The predicted octanol–water partition coefficient (Wildman–Crippen LogP) is 12.8. The highest BCUT2D eigenvalue weighted by Crippen LogP contribution is 2.40. The second-order valence-corrected chi connectivity index (χ2v) is 16.1. The molecule has 304 valence electrons. The van der Waals surface area contributed by atoms with Crippen LogP contribution in [0.3, 0.4) is 0 Å². The number of pyridine rings is 2. The third kappa shape index (κ3) is 8.47. The lowest BCUT2D eigenvalue weighted by Gasteiger charge is -2.30. The third-order valence-electron chi connectivity index (χ3n) is 10.1. The monoisotopic (exact) mass is 934 g/mol. The van der Waals surface area contributed by atoms with Gasteiger partial charge in [-0.15, -0.1) is 12.4 Å². The van der Waals surface area contributed by atoms with Crippen molar-refractivity contribution in [3.63, 3.8) is 0 Å². The lowest BCUT2D eigenvalue weighted by atomic mass is 9.98. The van der Waals surface area contributed by atoms with Crippen molar-refractivity contribution in [2.24, 2.45) is 0 Å². The molecule has 3 heterocycles. The molecule has 1 aliphatic rings. The number of piperazine rings is 1. The minimum absolute atomic E-state index is 0. The average Bonchev–Trinajstić information content (AvgIpc) is 3.22. The van der Waals surface area contributed by atoms with Crippen LogP contribution in [0.5, 0.6) is 5.75 Å². The van der Waals surface area contributed by atoms with E-state index in [1.807, 2.05) is 54.6 Å². The van der Waals surface area contributed by atoms with Crippen LogP contribution < -0.4 is 21.3 Å². The number of rotatable bonds is 5. The second kappa shape index (κ2) is 18.5. The van der Waals surface area contributed by atoms with Crippen LogP contribution in [-0.2, 0) is 0 Å². The number of benzene rings is 6. The van der Waals surface area contributed by atoms with Crippen molar-refractivity contribution in [2.45, 2.75) is 0 Å². The van der Waals surface area contributed by atoms with Crippen molar-refractivity contribution >= 4 is 110 Å². The van der Waals surface area contributed by atoms with Crippen molar-refractivity contribution in [3.05, 3.63) is 184 Å². The molecule has 0 atom stereocenters. The quantitative estimate of drug-likeness (QED) is 0.180. The minimum atomic E-state index is -0.312. The smallest absolute Gasteiger partial charge is 0.255 e. The van der Waals surface area contributed by atoms with E-state index in [1.165, 1.54) is 16.7 Å². The molecule has 1 aliphatic heterocycles. The van der Waals surface area contributed by atoms with Crippen molar-refractivity contribution < 1.29 is 5.11 Å². The Kier molecular flexibility index (Phi) is 13.4. The maximum Gasteiger partial charge on any atom is 0.255 e. The Bertz CT molecular complexity index is 3000. The summed E-state index contributed by atoms with van der Waals surface area (Å²) in [7, 11) is 0. The van der Waals surface area contributed by atoms with Crippen molar-refractivity contribution in [1.29, 1.82) is 0 Å². The molecule has 0 bridgehead atoms. The summed E-state index contributed by atoms with van der Waals surface area (Å²) in [6.07, 6.45) is 0. The third-order valence-corrected chi connectivity index (χ3v) is 12.0. The van der Waals surface area contributed by atoms with Crippen molar-refractivity contribution in [2.75, 3.05) is 31.1 Å². The predicted molar refractivity (Wildman–Crippen MR) is 254 cm³/mol. The van der Waals surface area contributed by atoms with Crippen LogP contribution in [0.15, 0.2) is 143 Å². The summed E-state index contributed by atoms with van der Waals surface area (Å²) >= 11 is 38.7. The minimum Gasteiger partial charge on any atom is -0.508 e. The van der Waals surface area contributed by atoms with E-state index in [0.29, 0.717) is 52.6 Å². The highest BCUT2D eigenvalue weighted by atomic mass is 35.5. The fourth-order valence-corrected chi connectivity index (χ4v) is 9.05. The summed E-state index contributed by atoms with van der Waals surface area (Å²) in [5.41, 5.74) is 5.89. The van der Waals surface area contributed by atoms with E-state index < -0.39 is 0 Å². The Morgan fingerprint density at radius 2 is 0.883 bits per heavy atom. The van der Waals surface area contributed by atoms with Crippen molar-refractivity contribution in [3.8, 4) is 39.4 Å². The van der Waals surface area contributed by atoms with E-state index in [2.05, 4.69) is 16.3 Å². The Balaban J connectivity index is 0.000000181. The molecule has 0 amide bonds. The van der Waals surface area contributed by atoms with E-state index in [9.17, 15) is 14.7 Å². The van der Waals surface area contributed by atoms with Gasteiger partial charge in [0.05, 0.1) is 42.5 Å². The molecule has 0 unspecified atom stereocenters. The van der Waals surface area contributed by atoms with Gasteiger partial charge in [-0.25, -0.2) is 0 Å². The fourth-order valence-electron chi connectivity index (χ4n) is 7.44. The first kappa shape index (κ1) is 43.4. The molecule has 14 heteroatoms. The SMILES string of the molecule is Cl.O=c1ccc2c(-c3ccccc3Cl)cc(N3CCNCC3)cc2n1-c1c(Cl)cccc1Cl.O=c1ccc2c(-c3ccccc3Cl)cc(O)cc2n1-c1c(Cl)cccc1Cl. The second-order valence-electron chi connectivity index (χ2n) is 13.7. The molecule has 1 saturated heterocycles. The molecular formula is C46H33Cl7N4O3. The lowest BCUT2D eigenvalue weighted by molar-refractivity contribution is 0.476. The summed E-state index contributed by atoms with van der Waals surface area (Å²) in [6.45, 7) is 3.55. The van der Waals surface area contributed by atoms with Crippen LogP contribution in [0.2, 0.25) is 30.1 Å². The number of hydrogen-bond acceptors (Lipinski definition) is 5. The number of anilines is 1. The first-order valence-electron chi connectivity index (χ1n) is 18.4. The van der Waals surface area contributed by atoms with Gasteiger partial charge < -0.3 is 15.3 Å². The van der Waals surface area contributed by atoms with E-state index in [4.69, 9.17) is 69.6 Å². The normalized spacial score (nSPS) is 12.5. The first-order chi connectivity index (χ1) is 28.5. The van der Waals surface area contributed by atoms with Crippen LogP contribution in [0.4, 0.5) is 5.69 Å². The summed E-state index contributed by atoms with van der Waals surface area (Å²) in [5.74, 6) is -0.0000502. The number of halogens is 7. The van der Waals surface area contributed by atoms with E-state index in [0.717, 1.165) is 64.8 Å². The molecule has 60 heavy (non-hydrogen) atoms. The number of para-hydroxylation sites is 2. The van der Waals surface area contributed by atoms with Gasteiger partial charge in [0.1, 0.15) is 5.75 Å². The van der Waals surface area contributed by atoms with Gasteiger partial charge in [-0.3, -0.25) is 18.7 Å². The maximum absolute atomic E-state index is 13.1.